The molecule has 36 heavy (non-hydrogen) atoms. The van der Waals surface area contributed by atoms with Gasteiger partial charge in [-0.1, -0.05) is 36.8 Å². The second-order valence-corrected chi connectivity index (χ2v) is 11.9. The van der Waals surface area contributed by atoms with Gasteiger partial charge in [0.2, 0.25) is 10.0 Å². The first-order chi connectivity index (χ1) is 17.4. The van der Waals surface area contributed by atoms with Gasteiger partial charge in [0.15, 0.2) is 4.80 Å². The average Bonchev–Trinajstić information content (AvgIpc) is 3.23. The lowest BCUT2D eigenvalue weighted by atomic mass is 9.98. The van der Waals surface area contributed by atoms with Crippen LogP contribution >= 0.6 is 11.3 Å². The van der Waals surface area contributed by atoms with Gasteiger partial charge in [0.25, 0.3) is 5.91 Å². The Labute approximate surface area is 216 Å². The van der Waals surface area contributed by atoms with Crippen LogP contribution in [0.2, 0.25) is 0 Å². The van der Waals surface area contributed by atoms with E-state index in [1.54, 1.807) is 31.4 Å². The van der Waals surface area contributed by atoms with E-state index in [-0.39, 0.29) is 16.7 Å². The Hall–Kier alpha value is -2.75. The molecule has 0 saturated carbocycles. The van der Waals surface area contributed by atoms with Crippen LogP contribution in [0.1, 0.15) is 38.2 Å². The molecule has 192 valence electrons. The number of piperidine rings is 1. The third-order valence-electron chi connectivity index (χ3n) is 6.58. The lowest BCUT2D eigenvalue weighted by molar-refractivity contribution is -0.122. The third-order valence-corrected chi connectivity index (χ3v) is 9.54. The maximum atomic E-state index is 13.1. The van der Waals surface area contributed by atoms with Crippen molar-refractivity contribution >= 4 is 37.5 Å². The van der Waals surface area contributed by atoms with E-state index >= 15 is 0 Å². The molecule has 1 aliphatic heterocycles. The largest absolute Gasteiger partial charge is 0.497 e. The number of thiazole rings is 1. The number of aryl methyl sites for hydroxylation is 1. The number of hydrogen-bond acceptors (Lipinski definition) is 5. The number of benzene rings is 2. The number of hydrogen-bond donors (Lipinski definition) is 0. The standard InChI is InChI=1S/C27H33N3O4S2/c1-4-6-7-20-8-13-24-25(19-20)35-27(30(24)16-5-2)28-26(31)21-14-17-29(18-15-21)36(32,33)23-11-9-22(34-3)10-12-23/h5,8-13,19,21H,2,4,6-7,14-18H2,1,3H3. The fourth-order valence-corrected chi connectivity index (χ4v) is 7.05. The van der Waals surface area contributed by atoms with Crippen LogP contribution < -0.4 is 9.54 Å². The minimum absolute atomic E-state index is 0.188. The highest BCUT2D eigenvalue weighted by Gasteiger charge is 2.32. The first-order valence-corrected chi connectivity index (χ1v) is 14.6. The summed E-state index contributed by atoms with van der Waals surface area (Å²) in [4.78, 5) is 18.5. The van der Waals surface area contributed by atoms with Crippen molar-refractivity contribution in [1.82, 2.24) is 8.87 Å². The molecule has 1 aliphatic rings. The number of ether oxygens (including phenoxy) is 1. The predicted octanol–water partition coefficient (Wildman–Crippen LogP) is 4.77. The number of allylic oxidation sites excluding steroid dienone is 1. The van der Waals surface area contributed by atoms with E-state index in [1.165, 1.54) is 21.2 Å². The van der Waals surface area contributed by atoms with Crippen molar-refractivity contribution in [3.63, 3.8) is 0 Å². The summed E-state index contributed by atoms with van der Waals surface area (Å²) in [5.41, 5.74) is 2.34. The molecule has 9 heteroatoms. The van der Waals surface area contributed by atoms with Crippen LogP contribution in [0, 0.1) is 5.92 Å². The molecule has 7 nitrogen and oxygen atoms in total. The van der Waals surface area contributed by atoms with E-state index in [2.05, 4.69) is 36.7 Å². The van der Waals surface area contributed by atoms with Crippen molar-refractivity contribution in [3.05, 3.63) is 65.5 Å². The number of carbonyl (C=O) groups is 1. The normalized spacial score (nSPS) is 15.9. The molecule has 2 aromatic carbocycles. The third kappa shape index (κ3) is 5.63. The summed E-state index contributed by atoms with van der Waals surface area (Å²) >= 11 is 1.52. The molecule has 0 bridgehead atoms. The minimum Gasteiger partial charge on any atom is -0.497 e. The van der Waals surface area contributed by atoms with Gasteiger partial charge in [0, 0.05) is 25.6 Å². The quantitative estimate of drug-likeness (QED) is 0.376. The molecular weight excluding hydrogens is 494 g/mol. The molecular formula is C27H33N3O4S2. The molecule has 0 N–H and O–H groups in total. The van der Waals surface area contributed by atoms with Crippen LogP contribution in [0.3, 0.4) is 0 Å². The summed E-state index contributed by atoms with van der Waals surface area (Å²) in [6.07, 6.45) is 6.04. The first kappa shape index (κ1) is 26.3. The van der Waals surface area contributed by atoms with Gasteiger partial charge in [-0.15, -0.1) is 6.58 Å². The molecule has 1 saturated heterocycles. The second-order valence-electron chi connectivity index (χ2n) is 8.99. The lowest BCUT2D eigenvalue weighted by Gasteiger charge is -2.29. The SMILES string of the molecule is C=CCn1c(=NC(=O)C2CCN(S(=O)(=O)c3ccc(OC)cc3)CC2)sc2cc(CCCC)ccc21. The highest BCUT2D eigenvalue weighted by Crippen LogP contribution is 2.26. The number of amides is 1. The van der Waals surface area contributed by atoms with Gasteiger partial charge in [-0.05, 0) is 67.6 Å². The van der Waals surface area contributed by atoms with Crippen molar-refractivity contribution in [2.24, 2.45) is 10.9 Å². The number of nitrogens with zero attached hydrogens (tertiary/aromatic N) is 3. The first-order valence-electron chi connectivity index (χ1n) is 12.3. The highest BCUT2D eigenvalue weighted by molar-refractivity contribution is 7.89. The molecule has 4 rings (SSSR count). The van der Waals surface area contributed by atoms with Gasteiger partial charge in [0.1, 0.15) is 5.75 Å². The zero-order valence-corrected chi connectivity index (χ0v) is 22.5. The van der Waals surface area contributed by atoms with Crippen LogP contribution in [0.25, 0.3) is 10.2 Å². The van der Waals surface area contributed by atoms with E-state index < -0.39 is 10.0 Å². The van der Waals surface area contributed by atoms with Gasteiger partial charge in [-0.2, -0.15) is 9.30 Å². The topological polar surface area (TPSA) is 81.0 Å². The summed E-state index contributed by atoms with van der Waals surface area (Å²) in [5, 5.41) is 0. The molecule has 0 unspecified atom stereocenters. The summed E-state index contributed by atoms with van der Waals surface area (Å²) < 4.78 is 35.8. The summed E-state index contributed by atoms with van der Waals surface area (Å²) in [6, 6.07) is 12.8. The van der Waals surface area contributed by atoms with E-state index in [1.807, 2.05) is 10.6 Å². The monoisotopic (exact) mass is 527 g/mol. The Kier molecular flexibility index (Phi) is 8.43. The van der Waals surface area contributed by atoms with E-state index in [0.717, 1.165) is 29.5 Å². The fraction of sp³-hybridized carbons (Fsp3) is 0.407. The van der Waals surface area contributed by atoms with Gasteiger partial charge in [-0.3, -0.25) is 4.79 Å². The minimum atomic E-state index is -3.61. The number of aromatic nitrogens is 1. The van der Waals surface area contributed by atoms with Crippen LogP contribution in [-0.4, -0.2) is 43.4 Å². The van der Waals surface area contributed by atoms with Crippen LogP contribution in [0.15, 0.2) is 65.0 Å². The van der Waals surface area contributed by atoms with E-state index in [9.17, 15) is 13.2 Å². The van der Waals surface area contributed by atoms with Crippen molar-refractivity contribution in [3.8, 4) is 5.75 Å². The highest BCUT2D eigenvalue weighted by atomic mass is 32.2. The van der Waals surface area contributed by atoms with Crippen molar-refractivity contribution in [2.45, 2.75) is 50.5 Å². The zero-order chi connectivity index (χ0) is 25.7. The van der Waals surface area contributed by atoms with Gasteiger partial charge in [0.05, 0.1) is 22.2 Å². The fourth-order valence-electron chi connectivity index (χ4n) is 4.47. The molecule has 2 heterocycles. The van der Waals surface area contributed by atoms with Gasteiger partial charge < -0.3 is 9.30 Å². The van der Waals surface area contributed by atoms with Crippen LogP contribution in [0.4, 0.5) is 0 Å². The Morgan fingerprint density at radius 1 is 1.19 bits per heavy atom. The van der Waals surface area contributed by atoms with E-state index in [4.69, 9.17) is 4.74 Å². The second kappa shape index (κ2) is 11.5. The Balaban J connectivity index is 1.50. The molecule has 1 fully saturated rings. The Morgan fingerprint density at radius 2 is 1.92 bits per heavy atom. The van der Waals surface area contributed by atoms with Crippen molar-refractivity contribution < 1.29 is 17.9 Å². The predicted molar refractivity (Wildman–Crippen MR) is 144 cm³/mol. The molecule has 1 aromatic heterocycles. The van der Waals surface area contributed by atoms with Crippen LogP contribution in [-0.2, 0) is 27.8 Å². The number of fused-ring (bicyclic) bond motifs is 1. The molecule has 0 atom stereocenters. The zero-order valence-electron chi connectivity index (χ0n) is 20.9. The number of carbonyl (C=O) groups excluding carboxylic acids is 1. The molecule has 3 aromatic rings. The number of sulfonamides is 1. The Bertz CT molecular complexity index is 1400. The van der Waals surface area contributed by atoms with Gasteiger partial charge >= 0.3 is 0 Å². The molecule has 0 radical (unpaired) electrons. The molecule has 0 spiro atoms. The Morgan fingerprint density at radius 3 is 2.56 bits per heavy atom. The number of rotatable bonds is 9. The van der Waals surface area contributed by atoms with E-state index in [0.29, 0.717) is 43.0 Å². The molecule has 0 aliphatic carbocycles. The lowest BCUT2D eigenvalue weighted by Crippen LogP contribution is -2.40. The summed E-state index contributed by atoms with van der Waals surface area (Å²) in [7, 11) is -2.07. The van der Waals surface area contributed by atoms with Gasteiger partial charge in [-0.25, -0.2) is 8.42 Å². The summed E-state index contributed by atoms with van der Waals surface area (Å²) in [6.45, 7) is 7.20. The summed E-state index contributed by atoms with van der Waals surface area (Å²) in [5.74, 6) is 0.119. The average molecular weight is 528 g/mol. The smallest absolute Gasteiger partial charge is 0.251 e. The number of methoxy groups -OCH3 is 1. The maximum absolute atomic E-state index is 13.1. The molecule has 1 amide bonds. The van der Waals surface area contributed by atoms with Crippen LogP contribution in [0.5, 0.6) is 5.75 Å². The van der Waals surface area contributed by atoms with Crippen molar-refractivity contribution in [1.29, 1.82) is 0 Å². The maximum Gasteiger partial charge on any atom is 0.251 e. The number of unbranched alkanes of at least 4 members (excludes halogenated alkanes) is 1. The van der Waals surface area contributed by atoms with Crippen molar-refractivity contribution in [2.75, 3.05) is 20.2 Å².